The lowest BCUT2D eigenvalue weighted by atomic mass is 9.82. The third kappa shape index (κ3) is 11.7. The van der Waals surface area contributed by atoms with Gasteiger partial charge in [0.05, 0.1) is 6.61 Å². The number of ether oxygens (including phenoxy) is 2. The fraction of sp³-hybridized carbons (Fsp3) is 0.710. The van der Waals surface area contributed by atoms with Crippen molar-refractivity contribution < 1.29 is 23.9 Å². The van der Waals surface area contributed by atoms with Gasteiger partial charge in [0.15, 0.2) is 11.2 Å². The van der Waals surface area contributed by atoms with Gasteiger partial charge in [-0.2, -0.15) is 0 Å². The van der Waals surface area contributed by atoms with Crippen molar-refractivity contribution in [2.45, 2.75) is 130 Å². The van der Waals surface area contributed by atoms with Gasteiger partial charge in [-0.1, -0.05) is 104 Å². The summed E-state index contributed by atoms with van der Waals surface area (Å²) in [6, 6.07) is 6.37. The molecule has 0 N–H and O–H groups in total. The van der Waals surface area contributed by atoms with Gasteiger partial charge in [-0.3, -0.25) is 14.4 Å². The molecule has 0 aliphatic heterocycles. The van der Waals surface area contributed by atoms with Gasteiger partial charge in [0.1, 0.15) is 5.75 Å². The molecular formula is C31H50O5. The second-order valence-corrected chi connectivity index (χ2v) is 9.99. The Morgan fingerprint density at radius 3 is 1.50 bits per heavy atom. The summed E-state index contributed by atoms with van der Waals surface area (Å²) in [5, 5.41) is 0. The zero-order chi connectivity index (χ0) is 26.7. The predicted molar refractivity (Wildman–Crippen MR) is 146 cm³/mol. The zero-order valence-corrected chi connectivity index (χ0v) is 23.4. The number of hydrogen-bond donors (Lipinski definition) is 0. The zero-order valence-electron chi connectivity index (χ0n) is 23.4. The van der Waals surface area contributed by atoms with Crippen LogP contribution in [0, 0.1) is 5.41 Å². The van der Waals surface area contributed by atoms with Crippen molar-refractivity contribution in [3.63, 3.8) is 0 Å². The minimum absolute atomic E-state index is 0.0589. The maximum absolute atomic E-state index is 12.9. The molecule has 0 aromatic heterocycles. The van der Waals surface area contributed by atoms with Crippen LogP contribution in [-0.2, 0) is 14.3 Å². The Kier molecular flexibility index (Phi) is 16.8. The van der Waals surface area contributed by atoms with Crippen LogP contribution in [0.2, 0.25) is 0 Å². The first-order valence-electron chi connectivity index (χ1n) is 14.4. The number of Topliss-reactive ketones (excluding diaryl/α,β-unsaturated/α-hetero) is 1. The largest absolute Gasteiger partial charge is 0.465 e. The van der Waals surface area contributed by atoms with Gasteiger partial charge in [-0.25, -0.2) is 0 Å². The summed E-state index contributed by atoms with van der Waals surface area (Å²) in [5.74, 6) is -0.853. The van der Waals surface area contributed by atoms with E-state index in [1.54, 1.807) is 38.1 Å². The van der Waals surface area contributed by atoms with Crippen molar-refractivity contribution in [3.8, 4) is 5.75 Å². The van der Waals surface area contributed by atoms with Gasteiger partial charge in [0.25, 0.3) is 0 Å². The monoisotopic (exact) mass is 502 g/mol. The van der Waals surface area contributed by atoms with Gasteiger partial charge in [0.2, 0.25) is 0 Å². The maximum atomic E-state index is 12.9. The van der Waals surface area contributed by atoms with Crippen LogP contribution in [0.15, 0.2) is 24.3 Å². The van der Waals surface area contributed by atoms with Crippen LogP contribution in [0.1, 0.15) is 141 Å². The molecule has 36 heavy (non-hydrogen) atoms. The van der Waals surface area contributed by atoms with Crippen LogP contribution >= 0.6 is 0 Å². The average Bonchev–Trinajstić information content (AvgIpc) is 2.87. The van der Waals surface area contributed by atoms with Gasteiger partial charge in [0, 0.05) is 5.56 Å². The molecule has 0 radical (unpaired) electrons. The van der Waals surface area contributed by atoms with E-state index in [2.05, 4.69) is 6.92 Å². The lowest BCUT2D eigenvalue weighted by Crippen LogP contribution is -2.42. The summed E-state index contributed by atoms with van der Waals surface area (Å²) in [6.07, 6.45) is 18.4. The first-order valence-corrected chi connectivity index (χ1v) is 14.4. The van der Waals surface area contributed by atoms with Crippen LogP contribution < -0.4 is 4.74 Å². The first kappa shape index (κ1) is 31.9. The molecule has 0 unspecified atom stereocenters. The van der Waals surface area contributed by atoms with Crippen LogP contribution in [0.4, 0.5) is 0 Å². The minimum Gasteiger partial charge on any atom is -0.465 e. The fourth-order valence-corrected chi connectivity index (χ4v) is 4.47. The molecule has 0 spiro atoms. The molecule has 5 heteroatoms. The van der Waals surface area contributed by atoms with E-state index in [9.17, 15) is 14.4 Å². The predicted octanol–water partition coefficient (Wildman–Crippen LogP) is 8.63. The molecule has 0 saturated heterocycles. The molecule has 0 bridgehead atoms. The average molecular weight is 503 g/mol. The highest BCUT2D eigenvalue weighted by Crippen LogP contribution is 2.31. The standard InChI is InChI=1S/C31H50O5/c1-5-8-9-10-11-12-13-14-15-16-17-18-19-20-25-35-29(33)31(6-2,7-3)30(34)36-28-23-21-27(22-24-28)26(4)32/h21-24H,5-20,25H2,1-4H3. The van der Waals surface area contributed by atoms with E-state index in [-0.39, 0.29) is 5.78 Å². The summed E-state index contributed by atoms with van der Waals surface area (Å²) in [4.78, 5) is 37.2. The third-order valence-electron chi connectivity index (χ3n) is 7.19. The van der Waals surface area contributed by atoms with Crippen LogP contribution in [0.3, 0.4) is 0 Å². The fourth-order valence-electron chi connectivity index (χ4n) is 4.47. The second-order valence-electron chi connectivity index (χ2n) is 9.99. The molecule has 1 aromatic carbocycles. The number of benzene rings is 1. The van der Waals surface area contributed by atoms with Gasteiger partial charge < -0.3 is 9.47 Å². The molecule has 0 fully saturated rings. The molecule has 1 rings (SSSR count). The Balaban J connectivity index is 2.24. The SMILES string of the molecule is CCCCCCCCCCCCCCCCOC(=O)C(CC)(CC)C(=O)Oc1ccc(C(C)=O)cc1. The van der Waals surface area contributed by atoms with E-state index in [4.69, 9.17) is 9.47 Å². The summed E-state index contributed by atoms with van der Waals surface area (Å²) >= 11 is 0. The van der Waals surface area contributed by atoms with Crippen molar-refractivity contribution in [1.82, 2.24) is 0 Å². The highest BCUT2D eigenvalue weighted by atomic mass is 16.6. The number of carbonyl (C=O) groups is 3. The van der Waals surface area contributed by atoms with E-state index in [1.807, 2.05) is 0 Å². The molecule has 0 atom stereocenters. The van der Waals surface area contributed by atoms with Crippen molar-refractivity contribution in [2.75, 3.05) is 6.61 Å². The topological polar surface area (TPSA) is 69.7 Å². The van der Waals surface area contributed by atoms with Crippen LogP contribution in [-0.4, -0.2) is 24.3 Å². The van der Waals surface area contributed by atoms with E-state index in [0.717, 1.165) is 19.3 Å². The van der Waals surface area contributed by atoms with E-state index >= 15 is 0 Å². The molecule has 0 aliphatic carbocycles. The van der Waals surface area contributed by atoms with Crippen LogP contribution in [0.5, 0.6) is 5.75 Å². The molecule has 0 heterocycles. The molecular weight excluding hydrogens is 452 g/mol. The number of esters is 2. The number of rotatable bonds is 21. The molecule has 5 nitrogen and oxygen atoms in total. The summed E-state index contributed by atoms with van der Waals surface area (Å²) in [6.45, 7) is 7.68. The quantitative estimate of drug-likeness (QED) is 0.0553. The number of ketones is 1. The lowest BCUT2D eigenvalue weighted by molar-refractivity contribution is -0.168. The summed E-state index contributed by atoms with van der Waals surface area (Å²) in [5.41, 5.74) is -0.769. The highest BCUT2D eigenvalue weighted by molar-refractivity contribution is 6.01. The first-order chi connectivity index (χ1) is 17.4. The number of unbranched alkanes of at least 4 members (excludes halogenated alkanes) is 13. The molecule has 204 valence electrons. The minimum atomic E-state index is -1.31. The highest BCUT2D eigenvalue weighted by Gasteiger charge is 2.46. The second kappa shape index (κ2) is 19.0. The Bertz CT molecular complexity index is 749. The van der Waals surface area contributed by atoms with Gasteiger partial charge >= 0.3 is 11.9 Å². The van der Waals surface area contributed by atoms with Crippen molar-refractivity contribution in [1.29, 1.82) is 0 Å². The van der Waals surface area contributed by atoms with E-state index < -0.39 is 17.4 Å². The number of hydrogen-bond acceptors (Lipinski definition) is 5. The molecule has 0 amide bonds. The Hall–Kier alpha value is -2.17. The van der Waals surface area contributed by atoms with Crippen molar-refractivity contribution >= 4 is 17.7 Å². The smallest absolute Gasteiger partial charge is 0.328 e. The van der Waals surface area contributed by atoms with Crippen molar-refractivity contribution in [3.05, 3.63) is 29.8 Å². The van der Waals surface area contributed by atoms with Crippen molar-refractivity contribution in [2.24, 2.45) is 5.41 Å². The molecule has 0 aliphatic rings. The van der Waals surface area contributed by atoms with E-state index in [0.29, 0.717) is 30.8 Å². The summed E-state index contributed by atoms with van der Waals surface area (Å²) in [7, 11) is 0. The van der Waals surface area contributed by atoms with Crippen LogP contribution in [0.25, 0.3) is 0 Å². The number of carbonyl (C=O) groups excluding carboxylic acids is 3. The Morgan fingerprint density at radius 1 is 0.639 bits per heavy atom. The van der Waals surface area contributed by atoms with Gasteiger partial charge in [-0.05, 0) is 50.5 Å². The Labute approximate surface area is 219 Å². The third-order valence-corrected chi connectivity index (χ3v) is 7.19. The Morgan fingerprint density at radius 2 is 1.08 bits per heavy atom. The van der Waals surface area contributed by atoms with Gasteiger partial charge in [-0.15, -0.1) is 0 Å². The molecule has 1 aromatic rings. The lowest BCUT2D eigenvalue weighted by Gasteiger charge is -2.26. The normalized spacial score (nSPS) is 11.3. The van der Waals surface area contributed by atoms with E-state index in [1.165, 1.54) is 77.6 Å². The summed E-state index contributed by atoms with van der Waals surface area (Å²) < 4.78 is 11.0. The molecule has 0 saturated carbocycles. The maximum Gasteiger partial charge on any atom is 0.328 e.